The molecule has 0 aromatic heterocycles. The summed E-state index contributed by atoms with van der Waals surface area (Å²) < 4.78 is 26.2. The van der Waals surface area contributed by atoms with Crippen molar-refractivity contribution in [3.63, 3.8) is 0 Å². The number of amides is 1. The van der Waals surface area contributed by atoms with Gasteiger partial charge in [0.2, 0.25) is 10.0 Å². The van der Waals surface area contributed by atoms with Gasteiger partial charge in [0, 0.05) is 25.2 Å². The van der Waals surface area contributed by atoms with Crippen molar-refractivity contribution in [1.82, 2.24) is 14.9 Å². The summed E-state index contributed by atoms with van der Waals surface area (Å²) in [4.78, 5) is 14.7. The average molecular weight is 353 g/mol. The van der Waals surface area contributed by atoms with Crippen LogP contribution in [-0.2, 0) is 10.0 Å². The van der Waals surface area contributed by atoms with Crippen LogP contribution in [0.2, 0.25) is 0 Å². The van der Waals surface area contributed by atoms with Gasteiger partial charge in [0.1, 0.15) is 0 Å². The Kier molecular flexibility index (Phi) is 7.20. The van der Waals surface area contributed by atoms with Crippen LogP contribution in [0.3, 0.4) is 0 Å². The lowest BCUT2D eigenvalue weighted by atomic mass is 10.2. The number of carbonyl (C=O) groups is 1. The summed E-state index contributed by atoms with van der Waals surface area (Å²) in [7, 11) is -3.48. The molecule has 1 heterocycles. The van der Waals surface area contributed by atoms with Crippen molar-refractivity contribution < 1.29 is 13.2 Å². The van der Waals surface area contributed by atoms with Crippen LogP contribution in [0.25, 0.3) is 0 Å². The lowest BCUT2D eigenvalue weighted by molar-refractivity contribution is 0.0948. The Morgan fingerprint density at radius 1 is 1.08 bits per heavy atom. The zero-order valence-corrected chi connectivity index (χ0v) is 15.1. The standard InChI is InChI=1S/C17H27N3O3S/c1-2-19-24(22,23)16-9-7-15(8-10-16)17(21)18-11-14-20-12-5-3-4-6-13-20/h7-10,19H,2-6,11-14H2,1H3,(H,18,21). The monoisotopic (exact) mass is 353 g/mol. The lowest BCUT2D eigenvalue weighted by Gasteiger charge is -2.19. The molecule has 0 radical (unpaired) electrons. The van der Waals surface area contributed by atoms with Gasteiger partial charge in [0.25, 0.3) is 5.91 Å². The van der Waals surface area contributed by atoms with Gasteiger partial charge in [0.15, 0.2) is 0 Å². The third kappa shape index (κ3) is 5.58. The summed E-state index contributed by atoms with van der Waals surface area (Å²) in [6, 6.07) is 6.01. The van der Waals surface area contributed by atoms with Crippen LogP contribution in [0, 0.1) is 0 Å². The quantitative estimate of drug-likeness (QED) is 0.780. The second-order valence-corrected chi connectivity index (χ2v) is 7.80. The molecule has 1 aliphatic rings. The zero-order valence-electron chi connectivity index (χ0n) is 14.3. The topological polar surface area (TPSA) is 78.5 Å². The number of nitrogens with zero attached hydrogens (tertiary/aromatic N) is 1. The van der Waals surface area contributed by atoms with Crippen molar-refractivity contribution in [3.8, 4) is 0 Å². The zero-order chi connectivity index (χ0) is 17.4. The summed E-state index contributed by atoms with van der Waals surface area (Å²) in [5.41, 5.74) is 0.473. The van der Waals surface area contributed by atoms with Crippen molar-refractivity contribution in [3.05, 3.63) is 29.8 Å². The van der Waals surface area contributed by atoms with Crippen molar-refractivity contribution in [2.24, 2.45) is 0 Å². The maximum absolute atomic E-state index is 12.1. The molecule has 2 N–H and O–H groups in total. The molecule has 0 spiro atoms. The van der Waals surface area contributed by atoms with Crippen molar-refractivity contribution >= 4 is 15.9 Å². The van der Waals surface area contributed by atoms with Crippen molar-refractivity contribution in [2.75, 3.05) is 32.7 Å². The van der Waals surface area contributed by atoms with Gasteiger partial charge in [-0.2, -0.15) is 0 Å². The van der Waals surface area contributed by atoms with E-state index in [1.165, 1.54) is 37.8 Å². The van der Waals surface area contributed by atoms with E-state index in [9.17, 15) is 13.2 Å². The van der Waals surface area contributed by atoms with E-state index in [1.54, 1.807) is 19.1 Å². The molecular weight excluding hydrogens is 326 g/mol. The highest BCUT2D eigenvalue weighted by molar-refractivity contribution is 7.89. The number of hydrogen-bond donors (Lipinski definition) is 2. The molecule has 1 amide bonds. The maximum atomic E-state index is 12.1. The largest absolute Gasteiger partial charge is 0.351 e. The molecule has 1 aromatic rings. The average Bonchev–Trinajstić information content (AvgIpc) is 2.84. The number of benzene rings is 1. The molecule has 0 saturated carbocycles. The fourth-order valence-corrected chi connectivity index (χ4v) is 3.89. The SMILES string of the molecule is CCNS(=O)(=O)c1ccc(C(=O)NCCN2CCCCCC2)cc1. The number of hydrogen-bond acceptors (Lipinski definition) is 4. The Morgan fingerprint density at radius 2 is 1.71 bits per heavy atom. The Morgan fingerprint density at radius 3 is 2.29 bits per heavy atom. The number of rotatable bonds is 7. The molecule has 1 saturated heterocycles. The van der Waals surface area contributed by atoms with Crippen molar-refractivity contribution in [2.45, 2.75) is 37.5 Å². The molecule has 0 atom stereocenters. The van der Waals surface area contributed by atoms with Crippen LogP contribution in [0.5, 0.6) is 0 Å². The number of nitrogens with one attached hydrogen (secondary N) is 2. The minimum absolute atomic E-state index is 0.169. The molecular formula is C17H27N3O3S. The first kappa shape index (κ1) is 18.9. The molecule has 1 fully saturated rings. The van der Waals surface area contributed by atoms with E-state index in [-0.39, 0.29) is 10.8 Å². The molecule has 2 rings (SSSR count). The second kappa shape index (κ2) is 9.15. The summed E-state index contributed by atoms with van der Waals surface area (Å²) in [5.74, 6) is -0.169. The van der Waals surface area contributed by atoms with Gasteiger partial charge >= 0.3 is 0 Å². The third-order valence-electron chi connectivity index (χ3n) is 4.17. The number of carbonyl (C=O) groups excluding carboxylic acids is 1. The van der Waals surface area contributed by atoms with Crippen LogP contribution in [0.15, 0.2) is 29.2 Å². The van der Waals surface area contributed by atoms with Gasteiger partial charge in [-0.3, -0.25) is 4.79 Å². The van der Waals surface area contributed by atoms with Crippen LogP contribution >= 0.6 is 0 Å². The van der Waals surface area contributed by atoms with Gasteiger partial charge in [-0.1, -0.05) is 19.8 Å². The van der Waals surface area contributed by atoms with E-state index in [0.29, 0.717) is 18.7 Å². The minimum Gasteiger partial charge on any atom is -0.351 e. The fourth-order valence-electron chi connectivity index (χ4n) is 2.85. The Balaban J connectivity index is 1.84. The minimum atomic E-state index is -3.48. The smallest absolute Gasteiger partial charge is 0.251 e. The first-order valence-electron chi connectivity index (χ1n) is 8.63. The van der Waals surface area contributed by atoms with Gasteiger partial charge in [-0.05, 0) is 50.2 Å². The molecule has 134 valence electrons. The van der Waals surface area contributed by atoms with E-state index in [0.717, 1.165) is 19.6 Å². The highest BCUT2D eigenvalue weighted by Gasteiger charge is 2.14. The van der Waals surface area contributed by atoms with Crippen LogP contribution in [0.4, 0.5) is 0 Å². The second-order valence-electron chi connectivity index (χ2n) is 6.04. The highest BCUT2D eigenvalue weighted by atomic mass is 32.2. The molecule has 0 aliphatic carbocycles. The first-order chi connectivity index (χ1) is 11.5. The molecule has 1 aromatic carbocycles. The first-order valence-corrected chi connectivity index (χ1v) is 10.1. The van der Waals surface area contributed by atoms with Crippen LogP contribution in [0.1, 0.15) is 43.0 Å². The summed E-state index contributed by atoms with van der Waals surface area (Å²) in [5, 5.41) is 2.90. The third-order valence-corrected chi connectivity index (χ3v) is 5.73. The molecule has 0 unspecified atom stereocenters. The van der Waals surface area contributed by atoms with E-state index < -0.39 is 10.0 Å². The Hall–Kier alpha value is -1.44. The van der Waals surface area contributed by atoms with Gasteiger partial charge in [0.05, 0.1) is 4.90 Å². The van der Waals surface area contributed by atoms with E-state index >= 15 is 0 Å². The fraction of sp³-hybridized carbons (Fsp3) is 0.588. The Bertz CT molecular complexity index is 621. The lowest BCUT2D eigenvalue weighted by Crippen LogP contribution is -2.35. The van der Waals surface area contributed by atoms with Gasteiger partial charge < -0.3 is 10.2 Å². The van der Waals surface area contributed by atoms with Crippen LogP contribution in [-0.4, -0.2) is 51.9 Å². The Labute approximate surface area is 144 Å². The number of sulfonamides is 1. The molecule has 24 heavy (non-hydrogen) atoms. The maximum Gasteiger partial charge on any atom is 0.251 e. The molecule has 1 aliphatic heterocycles. The van der Waals surface area contributed by atoms with E-state index in [4.69, 9.17) is 0 Å². The molecule has 7 heteroatoms. The van der Waals surface area contributed by atoms with Gasteiger partial charge in [-0.15, -0.1) is 0 Å². The predicted molar refractivity (Wildman–Crippen MR) is 94.5 cm³/mol. The van der Waals surface area contributed by atoms with Crippen molar-refractivity contribution in [1.29, 1.82) is 0 Å². The molecule has 0 bridgehead atoms. The van der Waals surface area contributed by atoms with Crippen LogP contribution < -0.4 is 10.0 Å². The normalized spacial score (nSPS) is 16.5. The van der Waals surface area contributed by atoms with E-state index in [1.807, 2.05) is 0 Å². The van der Waals surface area contributed by atoms with Gasteiger partial charge in [-0.25, -0.2) is 13.1 Å². The summed E-state index contributed by atoms with van der Waals surface area (Å²) in [6.45, 7) is 5.74. The molecule has 6 nitrogen and oxygen atoms in total. The summed E-state index contributed by atoms with van der Waals surface area (Å²) in [6.07, 6.45) is 5.06. The number of likely N-dealkylation sites (tertiary alicyclic amines) is 1. The van der Waals surface area contributed by atoms with E-state index in [2.05, 4.69) is 14.9 Å². The highest BCUT2D eigenvalue weighted by Crippen LogP contribution is 2.11. The predicted octanol–water partition coefficient (Wildman–Crippen LogP) is 1.59. The summed E-state index contributed by atoms with van der Waals surface area (Å²) >= 11 is 0.